The fourth-order valence-corrected chi connectivity index (χ4v) is 3.51. The van der Waals surface area contributed by atoms with E-state index in [0.29, 0.717) is 6.54 Å². The number of nitrogens with zero attached hydrogens (tertiary/aromatic N) is 2. The number of aromatic nitrogens is 2. The second kappa shape index (κ2) is 5.91. The second-order valence-corrected chi connectivity index (χ2v) is 6.70. The Morgan fingerprint density at radius 2 is 2.08 bits per heavy atom. The molecular weight excluding hydrogens is 302 g/mol. The van der Waals surface area contributed by atoms with Gasteiger partial charge in [0.1, 0.15) is 12.0 Å². The van der Waals surface area contributed by atoms with Crippen LogP contribution in [0.1, 0.15) is 41.8 Å². The first kappa shape index (κ1) is 15.1. The Bertz CT molecular complexity index is 928. The van der Waals surface area contributed by atoms with Gasteiger partial charge in [0, 0.05) is 23.7 Å². The van der Waals surface area contributed by atoms with Gasteiger partial charge in [0.25, 0.3) is 5.56 Å². The summed E-state index contributed by atoms with van der Waals surface area (Å²) in [4.78, 5) is 17.6. The second-order valence-electron chi connectivity index (χ2n) is 6.70. The van der Waals surface area contributed by atoms with E-state index in [2.05, 4.69) is 34.1 Å². The molecule has 0 bridgehead atoms. The van der Waals surface area contributed by atoms with Crippen molar-refractivity contribution in [3.8, 4) is 0 Å². The summed E-state index contributed by atoms with van der Waals surface area (Å²) in [5.74, 6) is 0. The molecule has 2 aromatic heterocycles. The molecule has 4 rings (SSSR count). The van der Waals surface area contributed by atoms with E-state index in [1.807, 2.05) is 19.2 Å². The highest BCUT2D eigenvalue weighted by Crippen LogP contribution is 2.26. The van der Waals surface area contributed by atoms with E-state index >= 15 is 0 Å². The first-order valence-electron chi connectivity index (χ1n) is 8.40. The molecular formula is C19H21N3O2. The number of pyridine rings is 1. The number of aromatic amines is 1. The van der Waals surface area contributed by atoms with E-state index < -0.39 is 0 Å². The predicted octanol–water partition coefficient (Wildman–Crippen LogP) is 3.20. The zero-order valence-electron chi connectivity index (χ0n) is 14.0. The third-order valence-corrected chi connectivity index (χ3v) is 5.10. The van der Waals surface area contributed by atoms with Crippen LogP contribution in [0.3, 0.4) is 0 Å². The minimum Gasteiger partial charge on any atom is -0.364 e. The van der Waals surface area contributed by atoms with Gasteiger partial charge in [-0.05, 0) is 67.9 Å². The number of fused-ring (bicyclic) bond motifs is 2. The van der Waals surface area contributed by atoms with E-state index in [4.69, 9.17) is 4.52 Å². The van der Waals surface area contributed by atoms with Crippen LogP contribution >= 0.6 is 0 Å². The highest BCUT2D eigenvalue weighted by Gasteiger charge is 2.17. The minimum atomic E-state index is -0.0142. The Balaban J connectivity index is 1.65. The van der Waals surface area contributed by atoms with Crippen molar-refractivity contribution in [1.29, 1.82) is 0 Å². The van der Waals surface area contributed by atoms with E-state index in [-0.39, 0.29) is 11.6 Å². The van der Waals surface area contributed by atoms with Crippen molar-refractivity contribution in [3.63, 3.8) is 0 Å². The third kappa shape index (κ3) is 2.65. The first-order chi connectivity index (χ1) is 11.6. The quantitative estimate of drug-likeness (QED) is 0.801. The van der Waals surface area contributed by atoms with Crippen LogP contribution in [0.25, 0.3) is 10.9 Å². The summed E-state index contributed by atoms with van der Waals surface area (Å²) in [6.45, 7) is 2.62. The smallest absolute Gasteiger partial charge is 0.252 e. The lowest BCUT2D eigenvalue weighted by atomic mass is 10.0. The van der Waals surface area contributed by atoms with Crippen molar-refractivity contribution >= 4 is 10.9 Å². The molecule has 3 aromatic rings. The van der Waals surface area contributed by atoms with Gasteiger partial charge in [-0.1, -0.05) is 5.16 Å². The van der Waals surface area contributed by atoms with E-state index in [1.165, 1.54) is 17.5 Å². The fourth-order valence-electron chi connectivity index (χ4n) is 3.51. The number of H-pyrrole nitrogens is 1. The van der Waals surface area contributed by atoms with Gasteiger partial charge in [0.2, 0.25) is 0 Å². The Morgan fingerprint density at radius 1 is 1.29 bits per heavy atom. The number of hydrogen-bond acceptors (Lipinski definition) is 4. The summed E-state index contributed by atoms with van der Waals surface area (Å²) < 4.78 is 4.92. The normalized spacial score (nSPS) is 15.1. The van der Waals surface area contributed by atoms with Gasteiger partial charge in [0.15, 0.2) is 0 Å². The lowest BCUT2D eigenvalue weighted by Crippen LogP contribution is -2.26. The molecule has 5 heteroatoms. The maximum absolute atomic E-state index is 12.5. The number of aryl methyl sites for hydroxylation is 2. The SMILES string of the molecule is C[C@H](c1ccon1)N(C)Cc1cc2cc3c(cc2[nH]c1=O)CCC3. The molecule has 0 aliphatic heterocycles. The van der Waals surface area contributed by atoms with E-state index in [1.54, 1.807) is 6.26 Å². The van der Waals surface area contributed by atoms with Crippen LogP contribution in [0.15, 0.2) is 39.8 Å². The number of hydrogen-bond donors (Lipinski definition) is 1. The van der Waals surface area contributed by atoms with Crippen molar-refractivity contribution in [3.05, 3.63) is 63.3 Å². The van der Waals surface area contributed by atoms with Gasteiger partial charge in [-0.25, -0.2) is 0 Å². The van der Waals surface area contributed by atoms with Crippen LogP contribution in [0.4, 0.5) is 0 Å². The van der Waals surface area contributed by atoms with Crippen molar-refractivity contribution in [2.24, 2.45) is 0 Å². The molecule has 24 heavy (non-hydrogen) atoms. The molecule has 1 aliphatic rings. The Morgan fingerprint density at radius 3 is 2.83 bits per heavy atom. The van der Waals surface area contributed by atoms with Gasteiger partial charge in [-0.3, -0.25) is 9.69 Å². The molecule has 0 radical (unpaired) electrons. The molecule has 0 unspecified atom stereocenters. The lowest BCUT2D eigenvalue weighted by Gasteiger charge is -2.22. The summed E-state index contributed by atoms with van der Waals surface area (Å²) in [5, 5.41) is 5.11. The van der Waals surface area contributed by atoms with Crippen LogP contribution in [-0.2, 0) is 19.4 Å². The lowest BCUT2D eigenvalue weighted by molar-refractivity contribution is 0.240. The zero-order valence-corrected chi connectivity index (χ0v) is 14.0. The topological polar surface area (TPSA) is 62.1 Å². The van der Waals surface area contributed by atoms with Gasteiger partial charge in [-0.15, -0.1) is 0 Å². The molecule has 0 saturated carbocycles. The minimum absolute atomic E-state index is 0.0142. The van der Waals surface area contributed by atoms with Gasteiger partial charge < -0.3 is 9.51 Å². The molecule has 0 fully saturated rings. The summed E-state index contributed by atoms with van der Waals surface area (Å²) in [6.07, 6.45) is 5.04. The van der Waals surface area contributed by atoms with Crippen LogP contribution in [-0.4, -0.2) is 22.1 Å². The molecule has 0 saturated heterocycles. The van der Waals surface area contributed by atoms with E-state index in [9.17, 15) is 4.79 Å². The van der Waals surface area contributed by atoms with Crippen molar-refractivity contribution in [1.82, 2.24) is 15.0 Å². The number of nitrogens with one attached hydrogen (secondary N) is 1. The van der Waals surface area contributed by atoms with Gasteiger partial charge in [-0.2, -0.15) is 0 Å². The maximum Gasteiger partial charge on any atom is 0.252 e. The van der Waals surface area contributed by atoms with Crippen LogP contribution in [0.2, 0.25) is 0 Å². The Labute approximate surface area is 140 Å². The summed E-state index contributed by atoms with van der Waals surface area (Å²) in [5.41, 5.74) is 5.37. The predicted molar refractivity (Wildman–Crippen MR) is 93.0 cm³/mol. The molecule has 1 aromatic carbocycles. The standard InChI is InChI=1S/C19H21N3O2/c1-12(17-6-7-24-21-17)22(2)11-16-9-15-8-13-4-3-5-14(13)10-18(15)20-19(16)23/h6-10,12H,3-5,11H2,1-2H3,(H,20,23)/t12-/m1/s1. The average Bonchev–Trinajstić information content (AvgIpc) is 3.24. The fraction of sp³-hybridized carbons (Fsp3) is 0.368. The van der Waals surface area contributed by atoms with Gasteiger partial charge >= 0.3 is 0 Å². The monoisotopic (exact) mass is 323 g/mol. The molecule has 1 N–H and O–H groups in total. The number of benzene rings is 1. The molecule has 0 spiro atoms. The average molecular weight is 323 g/mol. The maximum atomic E-state index is 12.5. The molecule has 1 atom stereocenters. The molecule has 1 aliphatic carbocycles. The highest BCUT2D eigenvalue weighted by atomic mass is 16.5. The molecule has 5 nitrogen and oxygen atoms in total. The zero-order chi connectivity index (χ0) is 16.7. The summed E-state index contributed by atoms with van der Waals surface area (Å²) in [7, 11) is 1.99. The molecule has 0 amide bonds. The van der Waals surface area contributed by atoms with Crippen molar-refractivity contribution < 1.29 is 4.52 Å². The van der Waals surface area contributed by atoms with Crippen molar-refractivity contribution in [2.75, 3.05) is 7.05 Å². The molecule has 124 valence electrons. The highest BCUT2D eigenvalue weighted by molar-refractivity contribution is 5.81. The van der Waals surface area contributed by atoms with Gasteiger partial charge in [0.05, 0.1) is 6.04 Å². The van der Waals surface area contributed by atoms with Crippen LogP contribution in [0.5, 0.6) is 0 Å². The van der Waals surface area contributed by atoms with Crippen molar-refractivity contribution in [2.45, 2.75) is 38.8 Å². The van der Waals surface area contributed by atoms with Crippen LogP contribution < -0.4 is 5.56 Å². The Kier molecular flexibility index (Phi) is 3.73. The largest absolute Gasteiger partial charge is 0.364 e. The first-order valence-corrected chi connectivity index (χ1v) is 8.40. The summed E-state index contributed by atoms with van der Waals surface area (Å²) in [6, 6.07) is 8.34. The third-order valence-electron chi connectivity index (χ3n) is 5.10. The number of rotatable bonds is 4. The summed E-state index contributed by atoms with van der Waals surface area (Å²) >= 11 is 0. The van der Waals surface area contributed by atoms with Crippen LogP contribution in [0, 0.1) is 0 Å². The van der Waals surface area contributed by atoms with E-state index in [0.717, 1.165) is 35.0 Å². The molecule has 2 heterocycles. The Hall–Kier alpha value is -2.40.